The lowest BCUT2D eigenvalue weighted by Crippen LogP contribution is -2.43. The molecule has 7 heteroatoms. The first-order valence-electron chi connectivity index (χ1n) is 7.41. The number of aliphatic imine (C=N–C) groups is 1. The summed E-state index contributed by atoms with van der Waals surface area (Å²) < 4.78 is 42.8. The van der Waals surface area contributed by atoms with Gasteiger partial charge < -0.3 is 15.4 Å². The molecule has 0 bridgehead atoms. The summed E-state index contributed by atoms with van der Waals surface area (Å²) >= 11 is 0. The third kappa shape index (κ3) is 5.50. The summed E-state index contributed by atoms with van der Waals surface area (Å²) in [5.74, 6) is 1.09. The van der Waals surface area contributed by atoms with E-state index in [-0.39, 0.29) is 0 Å². The number of nitrogens with zero attached hydrogens (tertiary/aromatic N) is 1. The molecule has 0 unspecified atom stereocenters. The molecule has 0 heterocycles. The van der Waals surface area contributed by atoms with Crippen LogP contribution < -0.4 is 15.4 Å². The molecule has 23 heavy (non-hydrogen) atoms. The summed E-state index contributed by atoms with van der Waals surface area (Å²) in [6.45, 7) is 0.829. The molecule has 1 aromatic rings. The summed E-state index contributed by atoms with van der Waals surface area (Å²) in [5.41, 5.74) is -0.683. The first kappa shape index (κ1) is 17.2. The smallest absolute Gasteiger partial charge is 0.416 e. The predicted molar refractivity (Wildman–Crippen MR) is 83.6 cm³/mol. The van der Waals surface area contributed by atoms with Crippen LogP contribution in [0.25, 0.3) is 0 Å². The van der Waals surface area contributed by atoms with Crippen molar-refractivity contribution in [2.45, 2.75) is 25.1 Å². The van der Waals surface area contributed by atoms with Crippen LogP contribution in [0, 0.1) is 0 Å². The molecule has 4 nitrogen and oxygen atoms in total. The lowest BCUT2D eigenvalue weighted by molar-refractivity contribution is -0.137. The Balaban J connectivity index is 1.70. The fourth-order valence-corrected chi connectivity index (χ4v) is 2.20. The Hall–Kier alpha value is -2.18. The molecule has 0 radical (unpaired) electrons. The fourth-order valence-electron chi connectivity index (χ4n) is 2.20. The minimum Gasteiger partial charge on any atom is -0.492 e. The van der Waals surface area contributed by atoms with Crippen LogP contribution >= 0.6 is 0 Å². The van der Waals surface area contributed by atoms with Crippen LogP contribution in [0.5, 0.6) is 5.75 Å². The van der Waals surface area contributed by atoms with Gasteiger partial charge in [0.05, 0.1) is 12.1 Å². The number of benzene rings is 1. The zero-order valence-corrected chi connectivity index (χ0v) is 12.9. The monoisotopic (exact) mass is 327 g/mol. The topological polar surface area (TPSA) is 45.7 Å². The Kier molecular flexibility index (Phi) is 5.90. The second-order valence-corrected chi connectivity index (χ2v) is 5.15. The van der Waals surface area contributed by atoms with Crippen molar-refractivity contribution < 1.29 is 17.9 Å². The van der Waals surface area contributed by atoms with Crippen LogP contribution in [0.1, 0.15) is 18.4 Å². The highest BCUT2D eigenvalue weighted by molar-refractivity contribution is 5.80. The Morgan fingerprint density at radius 1 is 1.22 bits per heavy atom. The molecule has 126 valence electrons. The van der Waals surface area contributed by atoms with E-state index in [1.807, 2.05) is 0 Å². The van der Waals surface area contributed by atoms with Crippen molar-refractivity contribution >= 4 is 5.96 Å². The molecular weight excluding hydrogens is 307 g/mol. The van der Waals surface area contributed by atoms with Gasteiger partial charge in [0.2, 0.25) is 0 Å². The SMILES string of the molecule is CN=C(NCCOc1ccc(C(F)(F)F)cc1)NC1CC=CC1. The van der Waals surface area contributed by atoms with E-state index in [1.54, 1.807) is 7.05 Å². The van der Waals surface area contributed by atoms with Gasteiger partial charge in [-0.1, -0.05) is 12.2 Å². The minimum absolute atomic E-state index is 0.328. The van der Waals surface area contributed by atoms with E-state index in [1.165, 1.54) is 12.1 Å². The minimum atomic E-state index is -4.33. The maximum Gasteiger partial charge on any atom is 0.416 e. The van der Waals surface area contributed by atoms with Crippen LogP contribution in [0.3, 0.4) is 0 Å². The molecule has 0 aliphatic heterocycles. The van der Waals surface area contributed by atoms with Gasteiger partial charge in [0.25, 0.3) is 0 Å². The van der Waals surface area contributed by atoms with Crippen LogP contribution in [-0.4, -0.2) is 32.2 Å². The van der Waals surface area contributed by atoms with Crippen molar-refractivity contribution in [3.63, 3.8) is 0 Å². The molecule has 2 N–H and O–H groups in total. The molecule has 2 rings (SSSR count). The van der Waals surface area contributed by atoms with Gasteiger partial charge in [-0.3, -0.25) is 4.99 Å². The Bertz CT molecular complexity index is 545. The largest absolute Gasteiger partial charge is 0.492 e. The number of hydrogen-bond acceptors (Lipinski definition) is 2. The maximum atomic E-state index is 12.4. The molecule has 0 saturated heterocycles. The summed E-state index contributed by atoms with van der Waals surface area (Å²) in [6, 6.07) is 5.02. The molecule has 1 aliphatic carbocycles. The van der Waals surface area contributed by atoms with Crippen molar-refractivity contribution in [2.75, 3.05) is 20.2 Å². The summed E-state index contributed by atoms with van der Waals surface area (Å²) in [6.07, 6.45) is 1.87. The highest BCUT2D eigenvalue weighted by Gasteiger charge is 2.29. The predicted octanol–water partition coefficient (Wildman–Crippen LogP) is 2.97. The number of guanidine groups is 1. The molecule has 0 aromatic heterocycles. The van der Waals surface area contributed by atoms with Gasteiger partial charge in [0.1, 0.15) is 12.4 Å². The van der Waals surface area contributed by atoms with E-state index < -0.39 is 11.7 Å². The third-order valence-corrected chi connectivity index (χ3v) is 3.42. The van der Waals surface area contributed by atoms with E-state index in [9.17, 15) is 13.2 Å². The number of halogens is 3. The molecule has 0 fully saturated rings. The first-order chi connectivity index (χ1) is 11.0. The van der Waals surface area contributed by atoms with Crippen molar-refractivity contribution in [3.05, 3.63) is 42.0 Å². The number of hydrogen-bond donors (Lipinski definition) is 2. The Morgan fingerprint density at radius 2 is 1.87 bits per heavy atom. The molecule has 1 aliphatic rings. The second kappa shape index (κ2) is 7.89. The van der Waals surface area contributed by atoms with Crippen LogP contribution in [-0.2, 0) is 6.18 Å². The number of nitrogens with one attached hydrogen (secondary N) is 2. The van der Waals surface area contributed by atoms with Gasteiger partial charge in [-0.05, 0) is 37.1 Å². The Morgan fingerprint density at radius 3 is 2.43 bits per heavy atom. The van der Waals surface area contributed by atoms with Crippen molar-refractivity contribution in [2.24, 2.45) is 4.99 Å². The van der Waals surface area contributed by atoms with E-state index in [0.29, 0.717) is 30.9 Å². The lowest BCUT2D eigenvalue weighted by Gasteiger charge is -2.17. The van der Waals surface area contributed by atoms with E-state index in [4.69, 9.17) is 4.74 Å². The highest BCUT2D eigenvalue weighted by atomic mass is 19.4. The second-order valence-electron chi connectivity index (χ2n) is 5.15. The molecule has 0 spiro atoms. The van der Waals surface area contributed by atoms with Gasteiger partial charge in [0.15, 0.2) is 5.96 Å². The van der Waals surface area contributed by atoms with Crippen molar-refractivity contribution in [1.82, 2.24) is 10.6 Å². The Labute approximate surface area is 133 Å². The molecule has 0 saturated carbocycles. The zero-order valence-electron chi connectivity index (χ0n) is 12.9. The van der Waals surface area contributed by atoms with E-state index in [0.717, 1.165) is 25.0 Å². The standard InChI is InChI=1S/C16H20F3N3O/c1-20-15(22-13-4-2-3-5-13)21-10-11-23-14-8-6-12(7-9-14)16(17,18)19/h2-3,6-9,13H,4-5,10-11H2,1H3,(H2,20,21,22). The number of alkyl halides is 3. The van der Waals surface area contributed by atoms with E-state index >= 15 is 0 Å². The first-order valence-corrected chi connectivity index (χ1v) is 7.41. The average Bonchev–Trinajstić information content (AvgIpc) is 3.03. The normalized spacial score (nSPS) is 15.7. The fraction of sp³-hybridized carbons (Fsp3) is 0.438. The summed E-state index contributed by atoms with van der Waals surface area (Å²) in [7, 11) is 1.69. The van der Waals surface area contributed by atoms with Crippen LogP contribution in [0.4, 0.5) is 13.2 Å². The maximum absolute atomic E-state index is 12.4. The summed E-state index contributed by atoms with van der Waals surface area (Å²) in [5, 5.41) is 6.39. The molecule has 1 aromatic carbocycles. The average molecular weight is 327 g/mol. The van der Waals surface area contributed by atoms with Gasteiger partial charge in [-0.2, -0.15) is 13.2 Å². The van der Waals surface area contributed by atoms with Crippen molar-refractivity contribution in [3.8, 4) is 5.75 Å². The van der Waals surface area contributed by atoms with Gasteiger partial charge in [0, 0.05) is 13.1 Å². The highest BCUT2D eigenvalue weighted by Crippen LogP contribution is 2.30. The number of rotatable bonds is 5. The molecule has 0 amide bonds. The lowest BCUT2D eigenvalue weighted by atomic mass is 10.2. The summed E-state index contributed by atoms with van der Waals surface area (Å²) in [4.78, 5) is 4.12. The van der Waals surface area contributed by atoms with Gasteiger partial charge in [-0.25, -0.2) is 0 Å². The van der Waals surface area contributed by atoms with Crippen LogP contribution in [0.15, 0.2) is 41.4 Å². The molecular formula is C16H20F3N3O. The third-order valence-electron chi connectivity index (χ3n) is 3.42. The van der Waals surface area contributed by atoms with E-state index in [2.05, 4.69) is 27.8 Å². The van der Waals surface area contributed by atoms with Gasteiger partial charge >= 0.3 is 6.18 Å². The number of ether oxygens (including phenoxy) is 1. The van der Waals surface area contributed by atoms with Crippen LogP contribution in [0.2, 0.25) is 0 Å². The van der Waals surface area contributed by atoms with Gasteiger partial charge in [-0.15, -0.1) is 0 Å². The van der Waals surface area contributed by atoms with Crippen molar-refractivity contribution in [1.29, 1.82) is 0 Å². The quantitative estimate of drug-likeness (QED) is 0.378. The molecule has 0 atom stereocenters. The zero-order chi connectivity index (χ0) is 16.7.